The summed E-state index contributed by atoms with van der Waals surface area (Å²) in [5, 5.41) is 7.46. The second kappa shape index (κ2) is 10.9. The molecule has 1 aromatic carbocycles. The summed E-state index contributed by atoms with van der Waals surface area (Å²) in [5.41, 5.74) is 1.49. The maximum Gasteiger partial charge on any atom is 0.272 e. The minimum atomic E-state index is -0.394. The van der Waals surface area contributed by atoms with Crippen molar-refractivity contribution in [3.05, 3.63) is 47.8 Å². The van der Waals surface area contributed by atoms with Crippen LogP contribution in [0.2, 0.25) is 0 Å². The van der Waals surface area contributed by atoms with Gasteiger partial charge in [0.2, 0.25) is 5.91 Å². The Labute approximate surface area is 196 Å². The van der Waals surface area contributed by atoms with E-state index in [1.165, 1.54) is 5.56 Å². The predicted octanol–water partition coefficient (Wildman–Crippen LogP) is 3.83. The van der Waals surface area contributed by atoms with E-state index in [1.54, 1.807) is 16.9 Å². The summed E-state index contributed by atoms with van der Waals surface area (Å²) in [4.78, 5) is 28.3. The molecule has 1 saturated heterocycles. The number of hydrogen-bond acceptors (Lipinski definition) is 4. The third kappa shape index (κ3) is 5.40. The van der Waals surface area contributed by atoms with Gasteiger partial charge in [-0.15, -0.1) is 0 Å². The van der Waals surface area contributed by atoms with Crippen molar-refractivity contribution in [2.45, 2.75) is 64.8 Å². The van der Waals surface area contributed by atoms with Crippen LogP contribution in [0.3, 0.4) is 0 Å². The number of aromatic nitrogens is 2. The van der Waals surface area contributed by atoms with Gasteiger partial charge in [-0.05, 0) is 62.6 Å². The Morgan fingerprint density at radius 3 is 2.76 bits per heavy atom. The first-order valence-corrected chi connectivity index (χ1v) is 12.4. The molecule has 1 aromatic heterocycles. The fraction of sp³-hybridized carbons (Fsp3) is 0.577. The molecule has 178 valence electrons. The van der Waals surface area contributed by atoms with Crippen LogP contribution in [0, 0.1) is 5.41 Å². The van der Waals surface area contributed by atoms with Crippen molar-refractivity contribution in [3.8, 4) is 5.75 Å². The molecule has 0 saturated carbocycles. The van der Waals surface area contributed by atoms with E-state index in [2.05, 4.69) is 29.5 Å². The number of nitrogens with zero attached hydrogens (tertiary/aromatic N) is 3. The number of aryl methyl sites for hydroxylation is 2. The van der Waals surface area contributed by atoms with E-state index in [9.17, 15) is 9.59 Å². The van der Waals surface area contributed by atoms with E-state index in [-0.39, 0.29) is 11.8 Å². The van der Waals surface area contributed by atoms with Crippen LogP contribution in [0.5, 0.6) is 5.75 Å². The standard InChI is InChI=1S/C26H36N4O3/c1-2-17-30-22(11-16-28-30)24(31)29-18-13-26(14-19-29)12-6-5-9-21-8-3-4-10-23(21)33-20-7-15-27-25(26)32/h3-4,8,10-11,16H,2,5-7,9,12-15,17-20H2,1H3,(H,27,32). The average molecular weight is 453 g/mol. The van der Waals surface area contributed by atoms with Crippen molar-refractivity contribution in [3.63, 3.8) is 0 Å². The smallest absolute Gasteiger partial charge is 0.272 e. The summed E-state index contributed by atoms with van der Waals surface area (Å²) < 4.78 is 7.76. The number of ether oxygens (including phenoxy) is 1. The summed E-state index contributed by atoms with van der Waals surface area (Å²) >= 11 is 0. The molecule has 0 atom stereocenters. The molecule has 2 amide bonds. The minimum Gasteiger partial charge on any atom is -0.493 e. The summed E-state index contributed by atoms with van der Waals surface area (Å²) in [5.74, 6) is 1.13. The minimum absolute atomic E-state index is 0.0228. The van der Waals surface area contributed by atoms with E-state index in [4.69, 9.17) is 4.74 Å². The number of piperidine rings is 1. The van der Waals surface area contributed by atoms with Gasteiger partial charge in [0.25, 0.3) is 5.91 Å². The van der Waals surface area contributed by atoms with E-state index >= 15 is 0 Å². The lowest BCUT2D eigenvalue weighted by molar-refractivity contribution is -0.134. The van der Waals surface area contributed by atoms with Crippen LogP contribution in [0.4, 0.5) is 0 Å². The predicted molar refractivity (Wildman–Crippen MR) is 127 cm³/mol. The molecular weight excluding hydrogens is 416 g/mol. The number of carbonyl (C=O) groups excluding carboxylic acids is 2. The zero-order valence-electron chi connectivity index (χ0n) is 19.7. The summed E-state index contributed by atoms with van der Waals surface area (Å²) in [6.45, 7) is 5.24. The molecule has 0 bridgehead atoms. The molecule has 2 aliphatic heterocycles. The van der Waals surface area contributed by atoms with Gasteiger partial charge in [0.1, 0.15) is 11.4 Å². The van der Waals surface area contributed by atoms with Crippen LogP contribution >= 0.6 is 0 Å². The van der Waals surface area contributed by atoms with Crippen molar-refractivity contribution in [2.24, 2.45) is 5.41 Å². The molecule has 7 nitrogen and oxygen atoms in total. The normalized spacial score (nSPS) is 19.4. The van der Waals surface area contributed by atoms with Crippen molar-refractivity contribution >= 4 is 11.8 Å². The van der Waals surface area contributed by atoms with Gasteiger partial charge in [0.05, 0.1) is 12.0 Å². The Bertz CT molecular complexity index is 947. The first kappa shape index (κ1) is 23.3. The lowest BCUT2D eigenvalue weighted by Crippen LogP contribution is -2.50. The van der Waals surface area contributed by atoms with Gasteiger partial charge in [-0.3, -0.25) is 14.3 Å². The molecule has 0 unspecified atom stereocenters. The Hall–Kier alpha value is -2.83. The quantitative estimate of drug-likeness (QED) is 0.768. The molecule has 1 spiro atoms. The van der Waals surface area contributed by atoms with Crippen LogP contribution in [0.1, 0.15) is 67.9 Å². The van der Waals surface area contributed by atoms with Crippen LogP contribution in [-0.2, 0) is 17.8 Å². The lowest BCUT2D eigenvalue weighted by Gasteiger charge is -2.41. The second-order valence-corrected chi connectivity index (χ2v) is 9.28. The number of benzene rings is 1. The van der Waals surface area contributed by atoms with Crippen molar-refractivity contribution in [1.29, 1.82) is 0 Å². The Morgan fingerprint density at radius 2 is 1.94 bits per heavy atom. The Morgan fingerprint density at radius 1 is 1.12 bits per heavy atom. The lowest BCUT2D eigenvalue weighted by atomic mass is 9.73. The molecule has 2 aliphatic rings. The molecule has 1 N–H and O–H groups in total. The van der Waals surface area contributed by atoms with E-state index < -0.39 is 5.41 Å². The van der Waals surface area contributed by atoms with Crippen LogP contribution < -0.4 is 10.1 Å². The molecule has 33 heavy (non-hydrogen) atoms. The zero-order valence-corrected chi connectivity index (χ0v) is 19.7. The maximum atomic E-state index is 13.3. The molecule has 1 fully saturated rings. The average Bonchev–Trinajstić information content (AvgIpc) is 3.30. The third-order valence-electron chi connectivity index (χ3n) is 7.05. The van der Waals surface area contributed by atoms with Gasteiger partial charge in [-0.2, -0.15) is 5.10 Å². The molecule has 3 heterocycles. The summed E-state index contributed by atoms with van der Waals surface area (Å²) in [6.07, 6.45) is 8.64. The highest BCUT2D eigenvalue weighted by Crippen LogP contribution is 2.38. The van der Waals surface area contributed by atoms with Crippen LogP contribution in [0.15, 0.2) is 36.5 Å². The monoisotopic (exact) mass is 452 g/mol. The first-order valence-electron chi connectivity index (χ1n) is 12.4. The fourth-order valence-corrected chi connectivity index (χ4v) is 5.07. The number of likely N-dealkylation sites (tertiary alicyclic amines) is 1. The van der Waals surface area contributed by atoms with Crippen LogP contribution in [-0.4, -0.2) is 52.7 Å². The molecule has 0 aliphatic carbocycles. The highest BCUT2D eigenvalue weighted by molar-refractivity contribution is 5.93. The molecule has 4 rings (SSSR count). The summed E-state index contributed by atoms with van der Waals surface area (Å²) in [6, 6.07) is 10.0. The van der Waals surface area contributed by atoms with Crippen molar-refractivity contribution in [2.75, 3.05) is 26.2 Å². The van der Waals surface area contributed by atoms with E-state index in [1.807, 2.05) is 17.0 Å². The highest BCUT2D eigenvalue weighted by atomic mass is 16.5. The van der Waals surface area contributed by atoms with Gasteiger partial charge in [-0.25, -0.2) is 0 Å². The first-order chi connectivity index (χ1) is 16.1. The third-order valence-corrected chi connectivity index (χ3v) is 7.05. The number of carbonyl (C=O) groups is 2. The number of amides is 2. The summed E-state index contributed by atoms with van der Waals surface area (Å²) in [7, 11) is 0. The highest BCUT2D eigenvalue weighted by Gasteiger charge is 2.42. The van der Waals surface area contributed by atoms with Crippen molar-refractivity contribution in [1.82, 2.24) is 20.0 Å². The van der Waals surface area contributed by atoms with E-state index in [0.29, 0.717) is 44.8 Å². The SMILES string of the molecule is CCCn1nccc1C(=O)N1CCC2(CCCCc3ccccc3OCCCNC2=O)CC1. The Balaban J connectivity index is 1.42. The molecule has 7 heteroatoms. The number of rotatable bonds is 3. The number of nitrogens with one attached hydrogen (secondary N) is 1. The van der Waals surface area contributed by atoms with Gasteiger partial charge in [0.15, 0.2) is 0 Å². The number of para-hydroxylation sites is 1. The second-order valence-electron chi connectivity index (χ2n) is 9.28. The fourth-order valence-electron chi connectivity index (χ4n) is 5.07. The zero-order chi connectivity index (χ0) is 23.1. The van der Waals surface area contributed by atoms with Crippen LogP contribution in [0.25, 0.3) is 0 Å². The van der Waals surface area contributed by atoms with Gasteiger partial charge in [0, 0.05) is 32.4 Å². The molecule has 2 aromatic rings. The molecule has 0 radical (unpaired) electrons. The Kier molecular flexibility index (Phi) is 7.68. The topological polar surface area (TPSA) is 76.5 Å². The maximum absolute atomic E-state index is 13.3. The molecular formula is C26H36N4O3. The van der Waals surface area contributed by atoms with Gasteiger partial charge < -0.3 is 15.0 Å². The van der Waals surface area contributed by atoms with Gasteiger partial charge >= 0.3 is 0 Å². The largest absolute Gasteiger partial charge is 0.493 e. The van der Waals surface area contributed by atoms with Gasteiger partial charge in [-0.1, -0.05) is 31.5 Å². The van der Waals surface area contributed by atoms with Crippen molar-refractivity contribution < 1.29 is 14.3 Å². The number of fused-ring (bicyclic) bond motifs is 1. The number of hydrogen-bond donors (Lipinski definition) is 1. The van der Waals surface area contributed by atoms with E-state index in [0.717, 1.165) is 50.8 Å².